The Labute approximate surface area is 299 Å². The molecule has 0 heterocycles. The van der Waals surface area contributed by atoms with Crippen molar-refractivity contribution in [2.24, 2.45) is 0 Å². The lowest BCUT2D eigenvalue weighted by Gasteiger charge is -2.18. The lowest BCUT2D eigenvalue weighted by atomic mass is 10.1. The summed E-state index contributed by atoms with van der Waals surface area (Å²) >= 11 is 0. The molecule has 0 rings (SSSR count). The minimum Gasteiger partial charge on any atom is -0.462 e. The van der Waals surface area contributed by atoms with Crippen LogP contribution in [0.4, 0.5) is 0 Å². The third-order valence-corrected chi connectivity index (χ3v) is 9.30. The fourth-order valence-electron chi connectivity index (χ4n) is 6.09. The number of carbonyl (C=O) groups excluding carboxylic acids is 2. The lowest BCUT2D eigenvalue weighted by molar-refractivity contribution is -0.163. The van der Waals surface area contributed by atoms with E-state index in [-0.39, 0.29) is 18.5 Å². The van der Waals surface area contributed by atoms with Gasteiger partial charge in [0.2, 0.25) is 0 Å². The Kier molecular flexibility index (Phi) is 38.9. The average Bonchev–Trinajstić information content (AvgIpc) is 3.08. The molecule has 0 bridgehead atoms. The summed E-state index contributed by atoms with van der Waals surface area (Å²) in [6.07, 6.45) is 42.1. The van der Waals surface area contributed by atoms with Gasteiger partial charge in [0, 0.05) is 19.4 Å². The molecule has 0 spiro atoms. The maximum Gasteiger partial charge on any atom is 0.306 e. The molecule has 5 nitrogen and oxygen atoms in total. The van der Waals surface area contributed by atoms with Crippen LogP contribution in [0.5, 0.6) is 0 Å². The number of hydrogen-bond acceptors (Lipinski definition) is 5. The summed E-state index contributed by atoms with van der Waals surface area (Å²) in [5.41, 5.74) is 0. The average molecular weight is 679 g/mol. The number of hydrogen-bond donors (Lipinski definition) is 0. The Bertz CT molecular complexity index is 691. The molecule has 0 aromatic carbocycles. The summed E-state index contributed by atoms with van der Waals surface area (Å²) in [6, 6.07) is 0. The third kappa shape index (κ3) is 37.5. The first-order valence-corrected chi connectivity index (χ1v) is 21.2. The highest BCUT2D eigenvalue weighted by molar-refractivity contribution is 5.70. The van der Waals surface area contributed by atoms with Crippen LogP contribution in [0.3, 0.4) is 0 Å². The number of allylic oxidation sites excluding steroid dienone is 2. The van der Waals surface area contributed by atoms with Gasteiger partial charge in [-0.15, -0.1) is 0 Å². The molecule has 0 aliphatic rings. The van der Waals surface area contributed by atoms with Crippen LogP contribution in [0.1, 0.15) is 226 Å². The summed E-state index contributed by atoms with van der Waals surface area (Å²) in [5.74, 6) is -0.398. The Hall–Kier alpha value is -1.36. The molecule has 1 atom stereocenters. The second-order valence-electron chi connectivity index (χ2n) is 14.3. The quantitative estimate of drug-likeness (QED) is 0.0368. The van der Waals surface area contributed by atoms with Crippen molar-refractivity contribution in [2.75, 3.05) is 19.8 Å². The molecule has 1 unspecified atom stereocenters. The predicted molar refractivity (Wildman–Crippen MR) is 206 cm³/mol. The molecule has 0 radical (unpaired) electrons. The molecule has 0 N–H and O–H groups in total. The second kappa shape index (κ2) is 40.1. The normalized spacial score (nSPS) is 12.1. The lowest BCUT2D eigenvalue weighted by Crippen LogP contribution is -2.30. The maximum absolute atomic E-state index is 12.6. The van der Waals surface area contributed by atoms with Gasteiger partial charge >= 0.3 is 11.9 Å². The van der Waals surface area contributed by atoms with Gasteiger partial charge in [-0.05, 0) is 44.9 Å². The van der Waals surface area contributed by atoms with Crippen molar-refractivity contribution in [3.63, 3.8) is 0 Å². The molecular weight excluding hydrogens is 596 g/mol. The standard InChI is InChI=1S/C43H82O5/c1-4-7-10-13-16-18-19-20-21-22-23-24-25-27-28-30-33-36-42(44)47-40-41(39-46-38-35-32-15-12-9-6-3)48-43(45)37-34-31-29-26-17-14-11-8-5-2/h20-21,41H,4-19,22-40H2,1-3H3/b21-20-. The number of unbranched alkanes of at least 4 members (excludes halogenated alkanes) is 26. The SMILES string of the molecule is CCCCCCCC/C=C\CCCCCCCCCC(=O)OCC(COCCCCCCCC)OC(=O)CCCCCCCCCCC. The van der Waals surface area contributed by atoms with E-state index in [1.165, 1.54) is 154 Å². The van der Waals surface area contributed by atoms with Gasteiger partial charge < -0.3 is 14.2 Å². The minimum absolute atomic E-state index is 0.0895. The van der Waals surface area contributed by atoms with Crippen LogP contribution in [0.15, 0.2) is 12.2 Å². The maximum atomic E-state index is 12.6. The van der Waals surface area contributed by atoms with Crippen molar-refractivity contribution >= 4 is 11.9 Å². The topological polar surface area (TPSA) is 61.8 Å². The molecule has 0 aliphatic heterocycles. The first kappa shape index (κ1) is 46.6. The monoisotopic (exact) mass is 679 g/mol. The molecule has 284 valence electrons. The van der Waals surface area contributed by atoms with E-state index in [1.807, 2.05) is 0 Å². The highest BCUT2D eigenvalue weighted by atomic mass is 16.6. The number of rotatable bonds is 39. The number of ether oxygens (including phenoxy) is 3. The van der Waals surface area contributed by atoms with Gasteiger partial charge in [-0.2, -0.15) is 0 Å². The van der Waals surface area contributed by atoms with E-state index in [0.717, 1.165) is 38.5 Å². The van der Waals surface area contributed by atoms with Crippen molar-refractivity contribution in [1.29, 1.82) is 0 Å². The predicted octanol–water partition coefficient (Wildman–Crippen LogP) is 13.6. The van der Waals surface area contributed by atoms with Crippen LogP contribution >= 0.6 is 0 Å². The summed E-state index contributed by atoms with van der Waals surface area (Å²) < 4.78 is 17.1. The molecule has 5 heteroatoms. The van der Waals surface area contributed by atoms with Crippen molar-refractivity contribution in [2.45, 2.75) is 232 Å². The zero-order valence-electron chi connectivity index (χ0n) is 32.5. The molecule has 0 saturated carbocycles. The van der Waals surface area contributed by atoms with E-state index < -0.39 is 6.10 Å². The molecule has 0 aromatic rings. The molecule has 0 fully saturated rings. The van der Waals surface area contributed by atoms with Gasteiger partial charge in [-0.1, -0.05) is 181 Å². The van der Waals surface area contributed by atoms with Gasteiger partial charge in [-0.25, -0.2) is 0 Å². The van der Waals surface area contributed by atoms with Crippen molar-refractivity contribution in [1.82, 2.24) is 0 Å². The zero-order valence-corrected chi connectivity index (χ0v) is 32.5. The Balaban J connectivity index is 4.05. The van der Waals surface area contributed by atoms with Gasteiger partial charge in [0.15, 0.2) is 6.10 Å². The highest BCUT2D eigenvalue weighted by Crippen LogP contribution is 2.14. The summed E-state index contributed by atoms with van der Waals surface area (Å²) in [5, 5.41) is 0. The Morgan fingerprint density at radius 1 is 0.438 bits per heavy atom. The molecule has 0 aliphatic carbocycles. The number of esters is 2. The van der Waals surface area contributed by atoms with Crippen LogP contribution < -0.4 is 0 Å². The zero-order chi connectivity index (χ0) is 35.0. The van der Waals surface area contributed by atoms with Crippen LogP contribution in [-0.2, 0) is 23.8 Å². The second-order valence-corrected chi connectivity index (χ2v) is 14.3. The summed E-state index contributed by atoms with van der Waals surface area (Å²) in [6.45, 7) is 7.79. The fourth-order valence-corrected chi connectivity index (χ4v) is 6.09. The fraction of sp³-hybridized carbons (Fsp3) is 0.907. The van der Waals surface area contributed by atoms with E-state index in [2.05, 4.69) is 32.9 Å². The number of carbonyl (C=O) groups is 2. The van der Waals surface area contributed by atoms with Crippen LogP contribution in [0.2, 0.25) is 0 Å². The van der Waals surface area contributed by atoms with Crippen molar-refractivity contribution < 1.29 is 23.8 Å². The van der Waals surface area contributed by atoms with Crippen molar-refractivity contribution in [3.05, 3.63) is 12.2 Å². The van der Waals surface area contributed by atoms with Crippen LogP contribution in [-0.4, -0.2) is 37.9 Å². The van der Waals surface area contributed by atoms with Crippen LogP contribution in [0, 0.1) is 0 Å². The Morgan fingerprint density at radius 3 is 1.27 bits per heavy atom. The van der Waals surface area contributed by atoms with E-state index in [1.54, 1.807) is 0 Å². The highest BCUT2D eigenvalue weighted by Gasteiger charge is 2.17. The van der Waals surface area contributed by atoms with Gasteiger partial charge in [0.1, 0.15) is 6.61 Å². The first-order valence-electron chi connectivity index (χ1n) is 21.2. The Morgan fingerprint density at radius 2 is 0.812 bits per heavy atom. The minimum atomic E-state index is -0.523. The van der Waals surface area contributed by atoms with E-state index in [9.17, 15) is 9.59 Å². The largest absolute Gasteiger partial charge is 0.462 e. The molecular formula is C43H82O5. The van der Waals surface area contributed by atoms with Gasteiger partial charge in [0.25, 0.3) is 0 Å². The van der Waals surface area contributed by atoms with Gasteiger partial charge in [0.05, 0.1) is 6.61 Å². The smallest absolute Gasteiger partial charge is 0.306 e. The molecule has 0 aromatic heterocycles. The molecule has 0 amide bonds. The van der Waals surface area contributed by atoms with Gasteiger partial charge in [-0.3, -0.25) is 9.59 Å². The summed E-state index contributed by atoms with van der Waals surface area (Å²) in [7, 11) is 0. The van der Waals surface area contributed by atoms with Crippen molar-refractivity contribution in [3.8, 4) is 0 Å². The first-order chi connectivity index (χ1) is 23.6. The van der Waals surface area contributed by atoms with Crippen LogP contribution in [0.25, 0.3) is 0 Å². The summed E-state index contributed by atoms with van der Waals surface area (Å²) in [4.78, 5) is 25.0. The molecule has 0 saturated heterocycles. The molecule has 48 heavy (non-hydrogen) atoms. The third-order valence-electron chi connectivity index (χ3n) is 9.30. The van der Waals surface area contributed by atoms with E-state index in [0.29, 0.717) is 26.1 Å². The van der Waals surface area contributed by atoms with E-state index in [4.69, 9.17) is 14.2 Å². The van der Waals surface area contributed by atoms with E-state index >= 15 is 0 Å².